The van der Waals surface area contributed by atoms with E-state index in [9.17, 15) is 0 Å². The molecule has 1 fully saturated rings. The molecule has 1 saturated heterocycles. The standard InChI is InChI=1S/C23H26N6S/c1-2-3-5-19-9-10-20(30-19)16-29-11-4-6-22(29)21-14-27-23(15-26-21)28-18-8-7-17(12-24)25-13-18/h7-10,13-15,22H,2-6,11,16H2,1H3,(H,27,28)/t22-/m1/s1. The largest absolute Gasteiger partial charge is 0.338 e. The molecule has 0 aromatic carbocycles. The number of nitrogens with one attached hydrogen (secondary N) is 1. The summed E-state index contributed by atoms with van der Waals surface area (Å²) in [7, 11) is 0. The molecule has 0 aliphatic carbocycles. The topological polar surface area (TPSA) is 77.7 Å². The number of likely N-dealkylation sites (tertiary alicyclic amines) is 1. The smallest absolute Gasteiger partial charge is 0.148 e. The zero-order valence-corrected chi connectivity index (χ0v) is 18.0. The fourth-order valence-corrected chi connectivity index (χ4v) is 4.89. The molecule has 0 bridgehead atoms. The van der Waals surface area contributed by atoms with Crippen LogP contribution in [0.15, 0.2) is 42.9 Å². The van der Waals surface area contributed by atoms with Gasteiger partial charge in [0.1, 0.15) is 17.6 Å². The van der Waals surface area contributed by atoms with E-state index in [2.05, 4.69) is 39.2 Å². The van der Waals surface area contributed by atoms with Gasteiger partial charge in [-0.2, -0.15) is 5.26 Å². The summed E-state index contributed by atoms with van der Waals surface area (Å²) in [5, 5.41) is 12.0. The molecule has 7 heteroatoms. The zero-order valence-electron chi connectivity index (χ0n) is 17.2. The molecule has 3 aromatic heterocycles. The Hall–Kier alpha value is -2.82. The summed E-state index contributed by atoms with van der Waals surface area (Å²) in [6.45, 7) is 4.33. The van der Waals surface area contributed by atoms with Crippen LogP contribution in [-0.4, -0.2) is 26.4 Å². The second-order valence-electron chi connectivity index (χ2n) is 7.60. The third-order valence-electron chi connectivity index (χ3n) is 5.38. The molecule has 6 nitrogen and oxygen atoms in total. The first-order valence-corrected chi connectivity index (χ1v) is 11.3. The first-order valence-electron chi connectivity index (χ1n) is 10.5. The van der Waals surface area contributed by atoms with Gasteiger partial charge in [0.05, 0.1) is 36.0 Å². The average Bonchev–Trinajstić information content (AvgIpc) is 3.43. The number of aromatic nitrogens is 3. The van der Waals surface area contributed by atoms with Gasteiger partial charge in [0, 0.05) is 16.3 Å². The van der Waals surface area contributed by atoms with Crippen molar-refractivity contribution in [3.05, 3.63) is 64.0 Å². The molecule has 1 N–H and O–H groups in total. The predicted octanol–water partition coefficient (Wildman–Crippen LogP) is 5.23. The number of pyridine rings is 1. The van der Waals surface area contributed by atoms with Gasteiger partial charge in [-0.15, -0.1) is 11.3 Å². The van der Waals surface area contributed by atoms with E-state index in [-0.39, 0.29) is 0 Å². The Labute approximate surface area is 181 Å². The van der Waals surface area contributed by atoms with Crippen molar-refractivity contribution in [3.8, 4) is 6.07 Å². The van der Waals surface area contributed by atoms with Crippen LogP contribution >= 0.6 is 11.3 Å². The molecule has 3 aromatic rings. The SMILES string of the molecule is CCCCc1ccc(CN2CCC[C@@H]2c2cnc(Nc3ccc(C#N)nc3)cn2)s1. The molecule has 1 aliphatic heterocycles. The molecule has 0 radical (unpaired) electrons. The molecule has 0 amide bonds. The van der Waals surface area contributed by atoms with E-state index in [1.54, 1.807) is 18.5 Å². The molecule has 1 atom stereocenters. The van der Waals surface area contributed by atoms with Gasteiger partial charge >= 0.3 is 0 Å². The van der Waals surface area contributed by atoms with Gasteiger partial charge in [-0.3, -0.25) is 9.88 Å². The Kier molecular flexibility index (Phi) is 6.67. The third kappa shape index (κ3) is 5.02. The molecular weight excluding hydrogens is 392 g/mol. The molecule has 0 unspecified atom stereocenters. The van der Waals surface area contributed by atoms with E-state index in [4.69, 9.17) is 10.2 Å². The van der Waals surface area contributed by atoms with Gasteiger partial charge in [0.25, 0.3) is 0 Å². The van der Waals surface area contributed by atoms with Gasteiger partial charge in [-0.05, 0) is 56.5 Å². The van der Waals surface area contributed by atoms with Crippen LogP contribution in [0.4, 0.5) is 11.5 Å². The number of hydrogen-bond acceptors (Lipinski definition) is 7. The minimum absolute atomic E-state index is 0.323. The highest BCUT2D eigenvalue weighted by Gasteiger charge is 2.27. The highest BCUT2D eigenvalue weighted by atomic mass is 32.1. The van der Waals surface area contributed by atoms with Gasteiger partial charge in [0.2, 0.25) is 0 Å². The maximum Gasteiger partial charge on any atom is 0.148 e. The maximum absolute atomic E-state index is 8.84. The number of nitriles is 1. The number of thiophene rings is 1. The number of anilines is 2. The monoisotopic (exact) mass is 418 g/mol. The lowest BCUT2D eigenvalue weighted by atomic mass is 10.1. The Morgan fingerprint density at radius 1 is 1.13 bits per heavy atom. The van der Waals surface area contributed by atoms with Gasteiger partial charge < -0.3 is 5.32 Å². The average molecular weight is 419 g/mol. The normalized spacial score (nSPS) is 16.5. The van der Waals surface area contributed by atoms with E-state index in [1.165, 1.54) is 35.4 Å². The summed E-state index contributed by atoms with van der Waals surface area (Å²) in [5.74, 6) is 0.675. The van der Waals surface area contributed by atoms with Crippen molar-refractivity contribution in [2.75, 3.05) is 11.9 Å². The second-order valence-corrected chi connectivity index (χ2v) is 8.85. The third-order valence-corrected chi connectivity index (χ3v) is 6.51. The van der Waals surface area contributed by atoms with Crippen molar-refractivity contribution < 1.29 is 0 Å². The maximum atomic E-state index is 8.84. The first-order chi connectivity index (χ1) is 14.7. The number of unbranched alkanes of at least 4 members (excludes halogenated alkanes) is 1. The number of rotatable bonds is 8. The first kappa shape index (κ1) is 20.5. The lowest BCUT2D eigenvalue weighted by molar-refractivity contribution is 0.246. The minimum Gasteiger partial charge on any atom is -0.338 e. The highest BCUT2D eigenvalue weighted by Crippen LogP contribution is 2.33. The van der Waals surface area contributed by atoms with Gasteiger partial charge in [0.15, 0.2) is 0 Å². The van der Waals surface area contributed by atoms with Gasteiger partial charge in [-0.1, -0.05) is 13.3 Å². The van der Waals surface area contributed by atoms with Crippen molar-refractivity contribution in [1.29, 1.82) is 5.26 Å². The Morgan fingerprint density at radius 2 is 2.03 bits per heavy atom. The molecule has 1 aliphatic rings. The fraction of sp³-hybridized carbons (Fsp3) is 0.391. The van der Waals surface area contributed by atoms with Crippen molar-refractivity contribution in [1.82, 2.24) is 19.9 Å². The predicted molar refractivity (Wildman–Crippen MR) is 120 cm³/mol. The molecule has 0 spiro atoms. The van der Waals surface area contributed by atoms with Gasteiger partial charge in [-0.25, -0.2) is 9.97 Å². The molecule has 154 valence electrons. The van der Waals surface area contributed by atoms with Crippen LogP contribution in [0.5, 0.6) is 0 Å². The highest BCUT2D eigenvalue weighted by molar-refractivity contribution is 7.11. The molecule has 4 heterocycles. The van der Waals surface area contributed by atoms with Crippen molar-refractivity contribution in [3.63, 3.8) is 0 Å². The van der Waals surface area contributed by atoms with E-state index in [0.717, 1.165) is 30.9 Å². The van der Waals surface area contributed by atoms with E-state index < -0.39 is 0 Å². The number of aryl methyl sites for hydroxylation is 1. The summed E-state index contributed by atoms with van der Waals surface area (Å²) >= 11 is 1.95. The summed E-state index contributed by atoms with van der Waals surface area (Å²) in [6.07, 6.45) is 11.3. The Balaban J connectivity index is 1.38. The quantitative estimate of drug-likeness (QED) is 0.540. The number of nitrogens with zero attached hydrogens (tertiary/aromatic N) is 5. The molecule has 0 saturated carbocycles. The van der Waals surface area contributed by atoms with Crippen LogP contribution < -0.4 is 5.32 Å². The lowest BCUT2D eigenvalue weighted by Crippen LogP contribution is -2.23. The van der Waals surface area contributed by atoms with Crippen LogP contribution in [0.25, 0.3) is 0 Å². The van der Waals surface area contributed by atoms with E-state index >= 15 is 0 Å². The summed E-state index contributed by atoms with van der Waals surface area (Å²) < 4.78 is 0. The fourth-order valence-electron chi connectivity index (χ4n) is 3.80. The molecular formula is C23H26N6S. The molecule has 4 rings (SSSR count). The molecule has 30 heavy (non-hydrogen) atoms. The van der Waals surface area contributed by atoms with E-state index in [0.29, 0.717) is 17.6 Å². The minimum atomic E-state index is 0.323. The van der Waals surface area contributed by atoms with Crippen LogP contribution in [0, 0.1) is 11.3 Å². The van der Waals surface area contributed by atoms with Crippen molar-refractivity contribution >= 4 is 22.8 Å². The summed E-state index contributed by atoms with van der Waals surface area (Å²) in [6, 6.07) is 10.4. The Morgan fingerprint density at radius 3 is 2.77 bits per heavy atom. The van der Waals surface area contributed by atoms with E-state index in [1.807, 2.05) is 29.7 Å². The number of hydrogen-bond donors (Lipinski definition) is 1. The van der Waals surface area contributed by atoms with Crippen molar-refractivity contribution in [2.45, 2.75) is 51.6 Å². The zero-order chi connectivity index (χ0) is 20.8. The van der Waals surface area contributed by atoms with Crippen LogP contribution in [0.2, 0.25) is 0 Å². The van der Waals surface area contributed by atoms with Crippen LogP contribution in [0.3, 0.4) is 0 Å². The lowest BCUT2D eigenvalue weighted by Gasteiger charge is -2.23. The summed E-state index contributed by atoms with van der Waals surface area (Å²) in [4.78, 5) is 18.8. The van der Waals surface area contributed by atoms with Crippen molar-refractivity contribution in [2.24, 2.45) is 0 Å². The second kappa shape index (κ2) is 9.79. The summed E-state index contributed by atoms with van der Waals surface area (Å²) in [5.41, 5.74) is 2.21. The van der Waals surface area contributed by atoms with Crippen LogP contribution in [0.1, 0.15) is 59.8 Å². The Bertz CT molecular complexity index is 990. The van der Waals surface area contributed by atoms with Crippen LogP contribution in [-0.2, 0) is 13.0 Å².